The first-order valence-corrected chi connectivity index (χ1v) is 7.62. The molecule has 0 atom stereocenters. The number of nitrogens with zero attached hydrogens (tertiary/aromatic N) is 3. The van der Waals surface area contributed by atoms with Gasteiger partial charge in [-0.2, -0.15) is 4.31 Å². The summed E-state index contributed by atoms with van der Waals surface area (Å²) in [5.74, 6) is 0.697. The highest BCUT2D eigenvalue weighted by Crippen LogP contribution is 2.31. The van der Waals surface area contributed by atoms with Gasteiger partial charge in [0, 0.05) is 25.8 Å². The van der Waals surface area contributed by atoms with E-state index >= 15 is 0 Å². The lowest BCUT2D eigenvalue weighted by Gasteiger charge is -2.20. The summed E-state index contributed by atoms with van der Waals surface area (Å²) < 4.78 is 28.3. The van der Waals surface area contributed by atoms with Crippen LogP contribution in [0.4, 0.5) is 0 Å². The molecular weight excluding hydrogens is 252 g/mol. The van der Waals surface area contributed by atoms with E-state index in [0.29, 0.717) is 25.3 Å². The van der Waals surface area contributed by atoms with Gasteiger partial charge in [-0.25, -0.2) is 13.4 Å². The van der Waals surface area contributed by atoms with Gasteiger partial charge < -0.3 is 10.3 Å². The zero-order valence-electron chi connectivity index (χ0n) is 10.8. The molecule has 1 aliphatic rings. The number of hydrogen-bond acceptors (Lipinski definition) is 4. The molecule has 2 rings (SSSR count). The second kappa shape index (κ2) is 4.99. The highest BCUT2D eigenvalue weighted by Gasteiger charge is 2.38. The van der Waals surface area contributed by atoms with E-state index in [4.69, 9.17) is 5.73 Å². The fraction of sp³-hybridized carbons (Fsp3) is 0.727. The number of sulfonamides is 1. The van der Waals surface area contributed by atoms with Crippen molar-refractivity contribution in [1.82, 2.24) is 13.9 Å². The van der Waals surface area contributed by atoms with Crippen LogP contribution >= 0.6 is 0 Å². The first kappa shape index (κ1) is 13.5. The minimum absolute atomic E-state index is 0.142. The molecule has 1 fully saturated rings. The SMILES string of the molecule is Cc1nc(S(=O)(=O)N(CCCN)C2CC2)cn1C. The molecule has 1 saturated carbocycles. The molecule has 7 heteroatoms. The van der Waals surface area contributed by atoms with Crippen molar-refractivity contribution in [3.05, 3.63) is 12.0 Å². The van der Waals surface area contributed by atoms with Crippen LogP contribution in [0.1, 0.15) is 25.1 Å². The lowest BCUT2D eigenvalue weighted by molar-refractivity contribution is 0.398. The molecule has 0 bridgehead atoms. The summed E-state index contributed by atoms with van der Waals surface area (Å²) in [7, 11) is -1.67. The Labute approximate surface area is 108 Å². The van der Waals surface area contributed by atoms with Gasteiger partial charge in [0.15, 0.2) is 5.03 Å². The predicted molar refractivity (Wildman–Crippen MR) is 68.5 cm³/mol. The molecule has 1 aromatic rings. The van der Waals surface area contributed by atoms with Gasteiger partial charge in [0.2, 0.25) is 0 Å². The third-order valence-corrected chi connectivity index (χ3v) is 5.02. The lowest BCUT2D eigenvalue weighted by atomic mass is 10.4. The van der Waals surface area contributed by atoms with Gasteiger partial charge in [0.1, 0.15) is 5.82 Å². The quantitative estimate of drug-likeness (QED) is 0.804. The van der Waals surface area contributed by atoms with Crippen molar-refractivity contribution in [1.29, 1.82) is 0 Å². The molecule has 102 valence electrons. The van der Waals surface area contributed by atoms with Crippen molar-refractivity contribution in [2.24, 2.45) is 12.8 Å². The second-order valence-corrected chi connectivity index (χ2v) is 6.56. The van der Waals surface area contributed by atoms with Crippen LogP contribution in [0.15, 0.2) is 11.2 Å². The van der Waals surface area contributed by atoms with E-state index in [2.05, 4.69) is 4.98 Å². The number of rotatable bonds is 6. The highest BCUT2D eigenvalue weighted by molar-refractivity contribution is 7.89. The summed E-state index contributed by atoms with van der Waals surface area (Å²) in [5.41, 5.74) is 5.47. The molecule has 0 aliphatic heterocycles. The number of nitrogens with two attached hydrogens (primary N) is 1. The van der Waals surface area contributed by atoms with Crippen LogP contribution in [0.2, 0.25) is 0 Å². The van der Waals surface area contributed by atoms with Gasteiger partial charge in [0.05, 0.1) is 0 Å². The van der Waals surface area contributed by atoms with Crippen molar-refractivity contribution in [3.63, 3.8) is 0 Å². The zero-order chi connectivity index (χ0) is 13.3. The number of imidazole rings is 1. The molecule has 1 heterocycles. The fourth-order valence-corrected chi connectivity index (χ4v) is 3.63. The van der Waals surface area contributed by atoms with E-state index in [1.165, 1.54) is 0 Å². The number of aromatic nitrogens is 2. The van der Waals surface area contributed by atoms with Gasteiger partial charge >= 0.3 is 0 Å². The maximum absolute atomic E-state index is 12.5. The van der Waals surface area contributed by atoms with E-state index < -0.39 is 10.0 Å². The Hall–Kier alpha value is -0.920. The Kier molecular flexibility index (Phi) is 3.74. The fourth-order valence-electron chi connectivity index (χ4n) is 1.88. The van der Waals surface area contributed by atoms with Gasteiger partial charge in [-0.15, -0.1) is 0 Å². The van der Waals surface area contributed by atoms with Crippen LogP contribution < -0.4 is 5.73 Å². The monoisotopic (exact) mass is 272 g/mol. The number of aryl methyl sites for hydroxylation is 2. The van der Waals surface area contributed by atoms with Crippen LogP contribution in [0.25, 0.3) is 0 Å². The molecule has 0 saturated heterocycles. The third-order valence-electron chi connectivity index (χ3n) is 3.20. The van der Waals surface area contributed by atoms with Crippen molar-refractivity contribution in [2.75, 3.05) is 13.1 Å². The molecule has 6 nitrogen and oxygen atoms in total. The first-order valence-electron chi connectivity index (χ1n) is 6.18. The summed E-state index contributed by atoms with van der Waals surface area (Å²) in [5, 5.41) is 0.145. The Morgan fingerprint density at radius 3 is 2.67 bits per heavy atom. The summed E-state index contributed by atoms with van der Waals surface area (Å²) in [6.45, 7) is 2.78. The van der Waals surface area contributed by atoms with Gasteiger partial charge in [-0.3, -0.25) is 0 Å². The topological polar surface area (TPSA) is 81.2 Å². The van der Waals surface area contributed by atoms with Crippen molar-refractivity contribution in [2.45, 2.75) is 37.3 Å². The molecular formula is C11H20N4O2S. The smallest absolute Gasteiger partial charge is 0.262 e. The van der Waals surface area contributed by atoms with E-state index in [-0.39, 0.29) is 11.1 Å². The highest BCUT2D eigenvalue weighted by atomic mass is 32.2. The molecule has 2 N–H and O–H groups in total. The first-order chi connectivity index (χ1) is 8.46. The van der Waals surface area contributed by atoms with Crippen LogP contribution in [-0.2, 0) is 17.1 Å². The van der Waals surface area contributed by atoms with E-state index in [1.807, 2.05) is 0 Å². The van der Waals surface area contributed by atoms with E-state index in [9.17, 15) is 8.42 Å². The zero-order valence-corrected chi connectivity index (χ0v) is 11.7. The third kappa shape index (κ3) is 2.57. The van der Waals surface area contributed by atoms with E-state index in [0.717, 1.165) is 12.8 Å². The normalized spacial score (nSPS) is 16.4. The van der Waals surface area contributed by atoms with E-state index in [1.54, 1.807) is 29.0 Å². The molecule has 1 aliphatic carbocycles. The standard InChI is InChI=1S/C11H20N4O2S/c1-9-13-11(8-14(9)2)18(16,17)15(7-3-6-12)10-4-5-10/h8,10H,3-7,12H2,1-2H3. The van der Waals surface area contributed by atoms with Crippen molar-refractivity contribution in [3.8, 4) is 0 Å². The van der Waals surface area contributed by atoms with Crippen molar-refractivity contribution >= 4 is 10.0 Å². The predicted octanol–water partition coefficient (Wildman–Crippen LogP) is 0.230. The van der Waals surface area contributed by atoms with Crippen molar-refractivity contribution < 1.29 is 8.42 Å². The Bertz CT molecular complexity index is 500. The molecule has 0 radical (unpaired) electrons. The average molecular weight is 272 g/mol. The second-order valence-electron chi connectivity index (χ2n) is 4.73. The Balaban J connectivity index is 2.26. The minimum Gasteiger partial charge on any atom is -0.337 e. The van der Waals surface area contributed by atoms with Gasteiger partial charge in [0.25, 0.3) is 10.0 Å². The molecule has 0 aromatic carbocycles. The summed E-state index contributed by atoms with van der Waals surface area (Å²) in [6, 6.07) is 0.142. The molecule has 1 aromatic heterocycles. The Morgan fingerprint density at radius 1 is 1.56 bits per heavy atom. The van der Waals surface area contributed by atoms with Crippen LogP contribution in [0, 0.1) is 6.92 Å². The largest absolute Gasteiger partial charge is 0.337 e. The van der Waals surface area contributed by atoms with Crippen LogP contribution in [0.5, 0.6) is 0 Å². The summed E-state index contributed by atoms with van der Waals surface area (Å²) >= 11 is 0. The molecule has 0 amide bonds. The maximum Gasteiger partial charge on any atom is 0.262 e. The van der Waals surface area contributed by atoms with Gasteiger partial charge in [-0.05, 0) is 32.7 Å². The average Bonchev–Trinajstić information content (AvgIpc) is 3.07. The Morgan fingerprint density at radius 2 is 2.22 bits per heavy atom. The molecule has 0 unspecified atom stereocenters. The summed E-state index contributed by atoms with van der Waals surface area (Å²) in [4.78, 5) is 4.12. The molecule has 0 spiro atoms. The summed E-state index contributed by atoms with van der Waals surface area (Å²) in [6.07, 6.45) is 4.13. The maximum atomic E-state index is 12.5. The number of hydrogen-bond donors (Lipinski definition) is 1. The van der Waals surface area contributed by atoms with Crippen LogP contribution in [-0.4, -0.2) is 41.4 Å². The van der Waals surface area contributed by atoms with Gasteiger partial charge in [-0.1, -0.05) is 0 Å². The van der Waals surface area contributed by atoms with Crippen LogP contribution in [0.3, 0.4) is 0 Å². The lowest BCUT2D eigenvalue weighted by Crippen LogP contribution is -2.35. The minimum atomic E-state index is -3.47. The molecule has 18 heavy (non-hydrogen) atoms.